The second-order valence-electron chi connectivity index (χ2n) is 9.03. The van der Waals surface area contributed by atoms with Crippen LogP contribution in [0.4, 0.5) is 5.95 Å². The average molecular weight is 400 g/mol. The van der Waals surface area contributed by atoms with Crippen LogP contribution in [0.25, 0.3) is 0 Å². The number of imide groups is 1. The Morgan fingerprint density at radius 2 is 1.62 bits per heavy atom. The highest BCUT2D eigenvalue weighted by molar-refractivity contribution is 5.98. The highest BCUT2D eigenvalue weighted by Crippen LogP contribution is 2.46. The lowest BCUT2D eigenvalue weighted by atomic mass is 9.76. The number of piperidine rings is 1. The number of nitrogens with zero attached hydrogens (tertiary/aromatic N) is 5. The van der Waals surface area contributed by atoms with Gasteiger partial charge in [0.2, 0.25) is 17.8 Å². The van der Waals surface area contributed by atoms with E-state index in [1.165, 1.54) is 17.7 Å². The lowest BCUT2D eigenvalue weighted by molar-refractivity contribution is -0.153. The Balaban J connectivity index is 1.16. The Morgan fingerprint density at radius 3 is 2.28 bits per heavy atom. The molecule has 29 heavy (non-hydrogen) atoms. The van der Waals surface area contributed by atoms with E-state index in [0.29, 0.717) is 19.4 Å². The third-order valence-electron chi connectivity index (χ3n) is 6.86. The molecule has 158 valence electrons. The van der Waals surface area contributed by atoms with E-state index in [9.17, 15) is 9.59 Å². The van der Waals surface area contributed by atoms with Crippen LogP contribution in [-0.4, -0.2) is 70.9 Å². The van der Waals surface area contributed by atoms with Gasteiger partial charge in [0, 0.05) is 57.5 Å². The molecule has 3 aliphatic rings. The molecule has 0 aromatic carbocycles. The number of rotatable bonds is 6. The molecule has 0 radical (unpaired) electrons. The van der Waals surface area contributed by atoms with E-state index in [2.05, 4.69) is 19.8 Å². The molecule has 2 amide bonds. The van der Waals surface area contributed by atoms with E-state index in [4.69, 9.17) is 0 Å². The van der Waals surface area contributed by atoms with Crippen LogP contribution in [0.2, 0.25) is 0 Å². The van der Waals surface area contributed by atoms with Gasteiger partial charge in [-0.05, 0) is 50.6 Å². The van der Waals surface area contributed by atoms with E-state index in [-0.39, 0.29) is 17.2 Å². The molecular formula is C22H33N5O2. The number of hydrogen-bond donors (Lipinski definition) is 0. The highest BCUT2D eigenvalue weighted by Gasteiger charge is 2.44. The van der Waals surface area contributed by atoms with Crippen molar-refractivity contribution >= 4 is 17.8 Å². The maximum atomic E-state index is 12.5. The Morgan fingerprint density at radius 1 is 0.966 bits per heavy atom. The van der Waals surface area contributed by atoms with Crippen molar-refractivity contribution in [2.24, 2.45) is 5.41 Å². The standard InChI is InChI=1S/C22H33N5O2/c1-18-6-9-23-21(24-18)26-14-12-25(13-15-26)10-4-5-11-27-19(28)16-22(17-20(27)29)7-2-3-8-22/h6,9H,2-5,7-8,10-17H2,1H3. The summed E-state index contributed by atoms with van der Waals surface area (Å²) in [6.45, 7) is 7.48. The zero-order chi connectivity index (χ0) is 20.3. The monoisotopic (exact) mass is 399 g/mol. The molecule has 2 saturated heterocycles. The quantitative estimate of drug-likeness (QED) is 0.540. The van der Waals surface area contributed by atoms with Gasteiger partial charge >= 0.3 is 0 Å². The van der Waals surface area contributed by atoms with Crippen LogP contribution in [0, 0.1) is 12.3 Å². The first-order valence-corrected chi connectivity index (χ1v) is 11.1. The topological polar surface area (TPSA) is 69.6 Å². The van der Waals surface area contributed by atoms with Crippen molar-refractivity contribution in [1.29, 1.82) is 0 Å². The van der Waals surface area contributed by atoms with Gasteiger partial charge in [-0.2, -0.15) is 0 Å². The first-order chi connectivity index (χ1) is 14.0. The van der Waals surface area contributed by atoms with Crippen molar-refractivity contribution < 1.29 is 9.59 Å². The van der Waals surface area contributed by atoms with E-state index in [1.807, 2.05) is 19.2 Å². The number of hydrogen-bond acceptors (Lipinski definition) is 6. The van der Waals surface area contributed by atoms with Crippen molar-refractivity contribution in [2.45, 2.75) is 58.3 Å². The van der Waals surface area contributed by atoms with E-state index >= 15 is 0 Å². The van der Waals surface area contributed by atoms with Gasteiger partial charge in [-0.25, -0.2) is 9.97 Å². The maximum Gasteiger partial charge on any atom is 0.229 e. The number of anilines is 1. The fourth-order valence-electron chi connectivity index (χ4n) is 5.13. The molecule has 0 atom stereocenters. The SMILES string of the molecule is Cc1ccnc(N2CCN(CCCCN3C(=O)CC4(CCCC4)CC3=O)CC2)n1. The Kier molecular flexibility index (Phi) is 6.13. The zero-order valence-electron chi connectivity index (χ0n) is 17.6. The first kappa shape index (κ1) is 20.3. The van der Waals surface area contributed by atoms with Crippen LogP contribution in [0.5, 0.6) is 0 Å². The van der Waals surface area contributed by atoms with E-state index in [1.54, 1.807) is 0 Å². The fraction of sp³-hybridized carbons (Fsp3) is 0.727. The van der Waals surface area contributed by atoms with Crippen LogP contribution in [-0.2, 0) is 9.59 Å². The van der Waals surface area contributed by atoms with Gasteiger partial charge < -0.3 is 4.90 Å². The van der Waals surface area contributed by atoms with Crippen molar-refractivity contribution in [2.75, 3.05) is 44.2 Å². The summed E-state index contributed by atoms with van der Waals surface area (Å²) < 4.78 is 0. The third kappa shape index (κ3) is 4.77. The van der Waals surface area contributed by atoms with Crippen molar-refractivity contribution in [3.05, 3.63) is 18.0 Å². The lowest BCUT2D eigenvalue weighted by Crippen LogP contribution is -2.48. The smallest absolute Gasteiger partial charge is 0.229 e. The predicted octanol–water partition coefficient (Wildman–Crippen LogP) is 2.40. The van der Waals surface area contributed by atoms with Crippen LogP contribution < -0.4 is 4.90 Å². The van der Waals surface area contributed by atoms with Gasteiger partial charge in [0.15, 0.2) is 0 Å². The van der Waals surface area contributed by atoms with Crippen LogP contribution in [0.3, 0.4) is 0 Å². The summed E-state index contributed by atoms with van der Waals surface area (Å²) in [4.78, 5) is 40.2. The minimum absolute atomic E-state index is 0.00531. The fourth-order valence-corrected chi connectivity index (χ4v) is 5.13. The minimum atomic E-state index is 0.00531. The summed E-state index contributed by atoms with van der Waals surface area (Å²) in [6.07, 6.45) is 9.35. The number of amides is 2. The molecule has 0 bridgehead atoms. The molecule has 7 nitrogen and oxygen atoms in total. The molecule has 1 spiro atoms. The molecule has 2 aliphatic heterocycles. The van der Waals surface area contributed by atoms with Crippen LogP contribution in [0.1, 0.15) is 57.1 Å². The summed E-state index contributed by atoms with van der Waals surface area (Å²) in [6, 6.07) is 1.92. The lowest BCUT2D eigenvalue weighted by Gasteiger charge is -2.37. The number of carbonyl (C=O) groups is 2. The van der Waals surface area contributed by atoms with E-state index < -0.39 is 0 Å². The van der Waals surface area contributed by atoms with Gasteiger partial charge in [-0.15, -0.1) is 0 Å². The molecule has 3 heterocycles. The largest absolute Gasteiger partial charge is 0.338 e. The number of unbranched alkanes of at least 4 members (excludes halogenated alkanes) is 1. The third-order valence-corrected chi connectivity index (χ3v) is 6.86. The summed E-state index contributed by atoms with van der Waals surface area (Å²) in [7, 11) is 0. The number of aromatic nitrogens is 2. The number of piperazine rings is 1. The van der Waals surface area contributed by atoms with Gasteiger partial charge in [0.1, 0.15) is 0 Å². The number of aryl methyl sites for hydroxylation is 1. The molecule has 1 aliphatic carbocycles. The molecule has 4 rings (SSSR count). The summed E-state index contributed by atoms with van der Waals surface area (Å²) >= 11 is 0. The molecule has 1 aromatic rings. The van der Waals surface area contributed by atoms with Gasteiger partial charge in [-0.1, -0.05) is 12.8 Å². The molecule has 1 aromatic heterocycles. The molecule has 3 fully saturated rings. The van der Waals surface area contributed by atoms with Crippen LogP contribution in [0.15, 0.2) is 12.3 Å². The second-order valence-corrected chi connectivity index (χ2v) is 9.03. The second kappa shape index (κ2) is 8.78. The Labute approximate surface area is 173 Å². The van der Waals surface area contributed by atoms with Crippen molar-refractivity contribution in [3.63, 3.8) is 0 Å². The van der Waals surface area contributed by atoms with Gasteiger partial charge in [0.05, 0.1) is 0 Å². The molecule has 1 saturated carbocycles. The summed E-state index contributed by atoms with van der Waals surface area (Å²) in [5, 5.41) is 0. The molecule has 0 unspecified atom stereocenters. The van der Waals surface area contributed by atoms with Crippen molar-refractivity contribution in [1.82, 2.24) is 19.8 Å². The average Bonchev–Trinajstić information content (AvgIpc) is 3.14. The van der Waals surface area contributed by atoms with Crippen LogP contribution >= 0.6 is 0 Å². The summed E-state index contributed by atoms with van der Waals surface area (Å²) in [5.74, 6) is 0.955. The van der Waals surface area contributed by atoms with E-state index in [0.717, 1.165) is 70.0 Å². The normalized spacial score (nSPS) is 22.7. The van der Waals surface area contributed by atoms with Gasteiger partial charge in [0.25, 0.3) is 0 Å². The molecule has 0 N–H and O–H groups in total. The number of likely N-dealkylation sites (tertiary alicyclic amines) is 1. The van der Waals surface area contributed by atoms with Crippen molar-refractivity contribution in [3.8, 4) is 0 Å². The number of carbonyl (C=O) groups excluding carboxylic acids is 2. The molecular weight excluding hydrogens is 366 g/mol. The maximum absolute atomic E-state index is 12.5. The van der Waals surface area contributed by atoms with Gasteiger partial charge in [-0.3, -0.25) is 19.4 Å². The first-order valence-electron chi connectivity index (χ1n) is 11.1. The highest BCUT2D eigenvalue weighted by atomic mass is 16.2. The Bertz CT molecular complexity index is 718. The minimum Gasteiger partial charge on any atom is -0.338 e. The Hall–Kier alpha value is -2.02. The zero-order valence-corrected chi connectivity index (χ0v) is 17.6. The molecule has 7 heteroatoms. The summed E-state index contributed by atoms with van der Waals surface area (Å²) in [5.41, 5.74) is 1.00. The predicted molar refractivity (Wildman–Crippen MR) is 112 cm³/mol.